The molecule has 0 atom stereocenters. The number of rotatable bonds is 3. The molecule has 0 saturated heterocycles. The molecule has 5 nitrogen and oxygen atoms in total. The van der Waals surface area contributed by atoms with E-state index in [1.165, 1.54) is 0 Å². The summed E-state index contributed by atoms with van der Waals surface area (Å²) in [5.41, 5.74) is 7.68. The van der Waals surface area contributed by atoms with Crippen LogP contribution in [0.1, 0.15) is 12.0 Å². The van der Waals surface area contributed by atoms with Crippen molar-refractivity contribution in [3.05, 3.63) is 23.8 Å². The van der Waals surface area contributed by atoms with Crippen LogP contribution in [0.4, 0.5) is 18.9 Å². The van der Waals surface area contributed by atoms with Crippen molar-refractivity contribution in [3.63, 3.8) is 0 Å². The van der Waals surface area contributed by atoms with Crippen molar-refractivity contribution in [2.45, 2.75) is 26.1 Å². The third kappa shape index (κ3) is 3.01. The molecule has 0 spiro atoms. The second-order valence-electron chi connectivity index (χ2n) is 4.11. The van der Waals surface area contributed by atoms with E-state index in [1.54, 1.807) is 25.1 Å². The first kappa shape index (κ1) is 13.3. The normalized spacial score (nSPS) is 11.8. The van der Waals surface area contributed by atoms with E-state index in [1.807, 2.05) is 0 Å². The first-order chi connectivity index (χ1) is 8.88. The predicted octanol–water partition coefficient (Wildman–Crippen LogP) is 2.18. The average molecular weight is 271 g/mol. The van der Waals surface area contributed by atoms with Gasteiger partial charge in [-0.15, -0.1) is 5.10 Å². The third-order valence-electron chi connectivity index (χ3n) is 2.76. The molecule has 2 N–H and O–H groups in total. The molecule has 0 aliphatic heterocycles. The Kier molecular flexibility index (Phi) is 3.41. The third-order valence-corrected chi connectivity index (χ3v) is 2.76. The van der Waals surface area contributed by atoms with Crippen LogP contribution in [-0.2, 0) is 6.54 Å². The molecule has 0 amide bonds. The van der Waals surface area contributed by atoms with E-state index in [2.05, 4.69) is 15.5 Å². The fourth-order valence-corrected chi connectivity index (χ4v) is 1.68. The SMILES string of the molecule is Cc1c(N)cccc1-c1nnnn1CCC(F)(F)F. The maximum atomic E-state index is 12.2. The molecular weight excluding hydrogens is 259 g/mol. The Balaban J connectivity index is 2.31. The minimum absolute atomic E-state index is 0.286. The first-order valence-corrected chi connectivity index (χ1v) is 5.57. The zero-order valence-electron chi connectivity index (χ0n) is 10.1. The van der Waals surface area contributed by atoms with E-state index in [0.717, 1.165) is 10.2 Å². The molecular formula is C11H12F3N5. The smallest absolute Gasteiger partial charge is 0.390 e. The Hall–Kier alpha value is -2.12. The molecule has 102 valence electrons. The van der Waals surface area contributed by atoms with E-state index in [0.29, 0.717) is 11.3 Å². The molecule has 8 heteroatoms. The van der Waals surface area contributed by atoms with Crippen molar-refractivity contribution >= 4 is 5.69 Å². The van der Waals surface area contributed by atoms with E-state index >= 15 is 0 Å². The molecule has 0 unspecified atom stereocenters. The molecule has 0 aliphatic carbocycles. The number of hydrogen-bond acceptors (Lipinski definition) is 4. The number of tetrazole rings is 1. The highest BCUT2D eigenvalue weighted by Crippen LogP contribution is 2.26. The fourth-order valence-electron chi connectivity index (χ4n) is 1.68. The van der Waals surface area contributed by atoms with E-state index in [9.17, 15) is 13.2 Å². The largest absolute Gasteiger partial charge is 0.398 e. The van der Waals surface area contributed by atoms with Gasteiger partial charge < -0.3 is 5.73 Å². The van der Waals surface area contributed by atoms with Crippen LogP contribution in [-0.4, -0.2) is 26.4 Å². The summed E-state index contributed by atoms with van der Waals surface area (Å²) in [6.45, 7) is 1.45. The molecule has 1 aromatic heterocycles. The van der Waals surface area contributed by atoms with Crippen LogP contribution in [0, 0.1) is 6.92 Å². The number of nitrogen functional groups attached to an aromatic ring is 1. The van der Waals surface area contributed by atoms with Gasteiger partial charge in [-0.1, -0.05) is 12.1 Å². The second-order valence-corrected chi connectivity index (χ2v) is 4.11. The number of aromatic nitrogens is 4. The molecule has 0 fully saturated rings. The highest BCUT2D eigenvalue weighted by molar-refractivity contribution is 5.67. The zero-order chi connectivity index (χ0) is 14.0. The topological polar surface area (TPSA) is 69.6 Å². The number of benzene rings is 1. The quantitative estimate of drug-likeness (QED) is 0.869. The monoisotopic (exact) mass is 271 g/mol. The van der Waals surface area contributed by atoms with E-state index < -0.39 is 12.6 Å². The van der Waals surface area contributed by atoms with Crippen LogP contribution in [0.15, 0.2) is 18.2 Å². The average Bonchev–Trinajstić information content (AvgIpc) is 2.77. The van der Waals surface area contributed by atoms with Gasteiger partial charge in [0, 0.05) is 11.3 Å². The number of aryl methyl sites for hydroxylation is 1. The van der Waals surface area contributed by atoms with Crippen LogP contribution in [0.25, 0.3) is 11.4 Å². The van der Waals surface area contributed by atoms with Gasteiger partial charge in [-0.3, -0.25) is 0 Å². The minimum Gasteiger partial charge on any atom is -0.398 e. The standard InChI is InChI=1S/C11H12F3N5/c1-7-8(3-2-4-9(7)15)10-16-17-18-19(10)6-5-11(12,13)14/h2-4H,5-6,15H2,1H3. The van der Waals surface area contributed by atoms with E-state index in [4.69, 9.17) is 5.73 Å². The first-order valence-electron chi connectivity index (χ1n) is 5.57. The lowest BCUT2D eigenvalue weighted by Gasteiger charge is -2.10. The maximum Gasteiger partial charge on any atom is 0.390 e. The number of hydrogen-bond donors (Lipinski definition) is 1. The van der Waals surface area contributed by atoms with Crippen LogP contribution >= 0.6 is 0 Å². The number of nitrogens with zero attached hydrogens (tertiary/aromatic N) is 4. The summed E-state index contributed by atoms with van der Waals surface area (Å²) in [5.74, 6) is 0.286. The lowest BCUT2D eigenvalue weighted by Crippen LogP contribution is -2.14. The van der Waals surface area contributed by atoms with Gasteiger partial charge in [0.25, 0.3) is 0 Å². The van der Waals surface area contributed by atoms with Gasteiger partial charge in [0.2, 0.25) is 0 Å². The summed E-state index contributed by atoms with van der Waals surface area (Å²) < 4.78 is 37.8. The van der Waals surface area contributed by atoms with Gasteiger partial charge in [-0.05, 0) is 29.0 Å². The molecule has 2 aromatic rings. The van der Waals surface area contributed by atoms with Crippen molar-refractivity contribution in [1.29, 1.82) is 0 Å². The highest BCUT2D eigenvalue weighted by Gasteiger charge is 2.27. The Labute approximate surface area is 107 Å². The highest BCUT2D eigenvalue weighted by atomic mass is 19.4. The molecule has 2 rings (SSSR count). The Bertz CT molecular complexity index is 576. The summed E-state index contributed by atoms with van der Waals surface area (Å²) in [6.07, 6.45) is -5.22. The number of nitrogens with two attached hydrogens (primary N) is 1. The lowest BCUT2D eigenvalue weighted by atomic mass is 10.1. The maximum absolute atomic E-state index is 12.2. The Morgan fingerprint density at radius 3 is 2.74 bits per heavy atom. The summed E-state index contributed by atoms with van der Waals surface area (Å²) in [4.78, 5) is 0. The number of anilines is 1. The Morgan fingerprint density at radius 1 is 1.32 bits per heavy atom. The predicted molar refractivity (Wildman–Crippen MR) is 63.1 cm³/mol. The van der Waals surface area contributed by atoms with Crippen LogP contribution in [0.5, 0.6) is 0 Å². The van der Waals surface area contributed by atoms with Gasteiger partial charge >= 0.3 is 6.18 Å². The van der Waals surface area contributed by atoms with Gasteiger partial charge in [0.1, 0.15) is 0 Å². The molecule has 0 bridgehead atoms. The van der Waals surface area contributed by atoms with Crippen molar-refractivity contribution in [3.8, 4) is 11.4 Å². The van der Waals surface area contributed by atoms with Gasteiger partial charge in [0.15, 0.2) is 5.82 Å². The minimum atomic E-state index is -4.24. The van der Waals surface area contributed by atoms with Gasteiger partial charge in [-0.2, -0.15) is 13.2 Å². The lowest BCUT2D eigenvalue weighted by molar-refractivity contribution is -0.137. The Morgan fingerprint density at radius 2 is 2.05 bits per heavy atom. The number of alkyl halides is 3. The molecule has 0 radical (unpaired) electrons. The summed E-state index contributed by atoms with van der Waals surface area (Å²) in [7, 11) is 0. The van der Waals surface area contributed by atoms with Gasteiger partial charge in [-0.25, -0.2) is 4.68 Å². The van der Waals surface area contributed by atoms with Gasteiger partial charge in [0.05, 0.1) is 13.0 Å². The van der Waals surface area contributed by atoms with Crippen molar-refractivity contribution in [2.24, 2.45) is 0 Å². The second kappa shape index (κ2) is 4.87. The van der Waals surface area contributed by atoms with Crippen LogP contribution < -0.4 is 5.73 Å². The summed E-state index contributed by atoms with van der Waals surface area (Å²) >= 11 is 0. The molecule has 0 aliphatic rings. The molecule has 0 saturated carbocycles. The molecule has 1 heterocycles. The van der Waals surface area contributed by atoms with Crippen molar-refractivity contribution < 1.29 is 13.2 Å². The fraction of sp³-hybridized carbons (Fsp3) is 0.364. The zero-order valence-corrected chi connectivity index (χ0v) is 10.1. The summed E-state index contributed by atoms with van der Waals surface area (Å²) in [6, 6.07) is 5.14. The summed E-state index contributed by atoms with van der Waals surface area (Å²) in [5, 5.41) is 10.8. The molecule has 1 aromatic carbocycles. The number of halogens is 3. The van der Waals surface area contributed by atoms with E-state index in [-0.39, 0.29) is 12.4 Å². The molecule has 19 heavy (non-hydrogen) atoms. The van der Waals surface area contributed by atoms with Crippen molar-refractivity contribution in [2.75, 3.05) is 5.73 Å². The van der Waals surface area contributed by atoms with Crippen molar-refractivity contribution in [1.82, 2.24) is 20.2 Å². The van der Waals surface area contributed by atoms with Crippen LogP contribution in [0.2, 0.25) is 0 Å². The van der Waals surface area contributed by atoms with Crippen LogP contribution in [0.3, 0.4) is 0 Å².